The molecule has 0 saturated carbocycles. The van der Waals surface area contributed by atoms with Gasteiger partial charge in [-0.05, 0) is 49.4 Å². The van der Waals surface area contributed by atoms with E-state index in [9.17, 15) is 9.90 Å². The van der Waals surface area contributed by atoms with Gasteiger partial charge in [0.2, 0.25) is 0 Å². The van der Waals surface area contributed by atoms with E-state index in [0.29, 0.717) is 0 Å². The normalized spacial score (nSPS) is 19.8. The lowest BCUT2D eigenvalue weighted by Crippen LogP contribution is -2.39. The Kier molecular flexibility index (Phi) is 4.83. The largest absolute Gasteiger partial charge is 0.480 e. The van der Waals surface area contributed by atoms with Crippen molar-refractivity contribution in [3.05, 3.63) is 57.3 Å². The maximum absolute atomic E-state index is 11.7. The van der Waals surface area contributed by atoms with Crippen molar-refractivity contribution in [2.45, 2.75) is 45.2 Å². The zero-order chi connectivity index (χ0) is 16.4. The molecule has 1 fully saturated rings. The first-order valence-electron chi connectivity index (χ1n) is 8.24. The molecule has 3 rings (SSSR count). The zero-order valence-electron chi connectivity index (χ0n) is 13.7. The van der Waals surface area contributed by atoms with Crippen molar-refractivity contribution in [1.82, 2.24) is 4.90 Å². The van der Waals surface area contributed by atoms with Crippen molar-refractivity contribution in [3.8, 4) is 0 Å². The average molecular weight is 329 g/mol. The minimum absolute atomic E-state index is 0.0464. The van der Waals surface area contributed by atoms with E-state index in [2.05, 4.69) is 49.1 Å². The van der Waals surface area contributed by atoms with E-state index in [-0.39, 0.29) is 12.1 Å². The molecule has 1 saturated heterocycles. The molecular formula is C19H23NO2S. The molecule has 0 aliphatic carbocycles. The Morgan fingerprint density at radius 3 is 2.78 bits per heavy atom. The zero-order valence-corrected chi connectivity index (χ0v) is 14.5. The Morgan fingerprint density at radius 1 is 1.35 bits per heavy atom. The van der Waals surface area contributed by atoms with Crippen LogP contribution in [0.4, 0.5) is 0 Å². The number of nitrogens with zero attached hydrogens (tertiary/aromatic N) is 1. The standard InChI is InChI=1S/C19H23NO2S/c1-3-14-10-11-17(23-14)18(15-8-5-4-7-13(15)2)20-12-6-9-16(20)19(21)22/h4-5,7-8,10-11,16,18H,3,6,9,12H2,1-2H3,(H,21,22). The summed E-state index contributed by atoms with van der Waals surface area (Å²) in [7, 11) is 0. The second kappa shape index (κ2) is 6.85. The minimum atomic E-state index is -0.701. The number of carboxylic acid groups (broad SMARTS) is 1. The van der Waals surface area contributed by atoms with Gasteiger partial charge in [-0.3, -0.25) is 9.69 Å². The van der Waals surface area contributed by atoms with E-state index in [4.69, 9.17) is 0 Å². The summed E-state index contributed by atoms with van der Waals surface area (Å²) in [5.74, 6) is -0.701. The van der Waals surface area contributed by atoms with Crippen LogP contribution >= 0.6 is 11.3 Å². The van der Waals surface area contributed by atoms with Crippen LogP contribution in [0.15, 0.2) is 36.4 Å². The molecule has 23 heavy (non-hydrogen) atoms. The lowest BCUT2D eigenvalue weighted by atomic mass is 9.98. The number of aryl methyl sites for hydroxylation is 2. The summed E-state index contributed by atoms with van der Waals surface area (Å²) < 4.78 is 0. The molecule has 2 aromatic rings. The van der Waals surface area contributed by atoms with Crippen molar-refractivity contribution in [2.24, 2.45) is 0 Å². The number of benzene rings is 1. The van der Waals surface area contributed by atoms with Crippen molar-refractivity contribution in [3.63, 3.8) is 0 Å². The predicted octanol–water partition coefficient (Wildman–Crippen LogP) is 4.26. The second-order valence-corrected chi connectivity index (χ2v) is 7.35. The van der Waals surface area contributed by atoms with Crippen LogP contribution in [0.2, 0.25) is 0 Å². The lowest BCUT2D eigenvalue weighted by molar-refractivity contribution is -0.142. The number of rotatable bonds is 5. The molecule has 1 N–H and O–H groups in total. The maximum atomic E-state index is 11.7. The van der Waals surface area contributed by atoms with Gasteiger partial charge in [-0.25, -0.2) is 0 Å². The Bertz CT molecular complexity index is 694. The number of aliphatic carboxylic acids is 1. The summed E-state index contributed by atoms with van der Waals surface area (Å²) in [4.78, 5) is 16.5. The van der Waals surface area contributed by atoms with Crippen molar-refractivity contribution in [2.75, 3.05) is 6.54 Å². The predicted molar refractivity (Wildman–Crippen MR) is 94.1 cm³/mol. The van der Waals surface area contributed by atoms with E-state index >= 15 is 0 Å². The number of carbonyl (C=O) groups is 1. The van der Waals surface area contributed by atoms with Gasteiger partial charge < -0.3 is 5.11 Å². The third-order valence-electron chi connectivity index (χ3n) is 4.69. The summed E-state index contributed by atoms with van der Waals surface area (Å²) in [6.07, 6.45) is 2.71. The quantitative estimate of drug-likeness (QED) is 0.891. The Labute approximate surface area is 141 Å². The van der Waals surface area contributed by atoms with Gasteiger partial charge in [-0.15, -0.1) is 11.3 Å². The highest BCUT2D eigenvalue weighted by atomic mass is 32.1. The third-order valence-corrected chi connectivity index (χ3v) is 5.98. The van der Waals surface area contributed by atoms with Crippen LogP contribution in [0.25, 0.3) is 0 Å². The molecule has 0 radical (unpaired) electrons. The molecule has 1 aliphatic rings. The Morgan fingerprint density at radius 2 is 2.13 bits per heavy atom. The fourth-order valence-electron chi connectivity index (χ4n) is 3.48. The van der Waals surface area contributed by atoms with E-state index in [1.54, 1.807) is 0 Å². The molecule has 2 atom stereocenters. The minimum Gasteiger partial charge on any atom is -0.480 e. The number of thiophene rings is 1. The molecule has 4 heteroatoms. The molecule has 0 bridgehead atoms. The first-order chi connectivity index (χ1) is 11.1. The summed E-state index contributed by atoms with van der Waals surface area (Å²) in [6.45, 7) is 5.12. The molecule has 3 nitrogen and oxygen atoms in total. The lowest BCUT2D eigenvalue weighted by Gasteiger charge is -2.32. The van der Waals surface area contributed by atoms with Crippen molar-refractivity contribution >= 4 is 17.3 Å². The highest BCUT2D eigenvalue weighted by Crippen LogP contribution is 2.39. The number of carboxylic acids is 1. The van der Waals surface area contributed by atoms with Crippen molar-refractivity contribution < 1.29 is 9.90 Å². The smallest absolute Gasteiger partial charge is 0.320 e. The van der Waals surface area contributed by atoms with Gasteiger partial charge in [0.1, 0.15) is 6.04 Å². The fraction of sp³-hybridized carbons (Fsp3) is 0.421. The van der Waals surface area contributed by atoms with Crippen LogP contribution in [0.3, 0.4) is 0 Å². The molecular weight excluding hydrogens is 306 g/mol. The first-order valence-corrected chi connectivity index (χ1v) is 9.06. The van der Waals surface area contributed by atoms with Gasteiger partial charge in [0.05, 0.1) is 6.04 Å². The Hall–Kier alpha value is -1.65. The molecule has 1 aromatic heterocycles. The van der Waals surface area contributed by atoms with Crippen LogP contribution in [-0.4, -0.2) is 28.6 Å². The SMILES string of the molecule is CCc1ccc(C(c2ccccc2C)N2CCCC2C(=O)O)s1. The molecule has 1 aliphatic heterocycles. The second-order valence-electron chi connectivity index (χ2n) is 6.15. The summed E-state index contributed by atoms with van der Waals surface area (Å²) in [5, 5.41) is 9.61. The van der Waals surface area contributed by atoms with Crippen LogP contribution < -0.4 is 0 Å². The van der Waals surface area contributed by atoms with Crippen LogP contribution in [0.1, 0.15) is 46.7 Å². The molecule has 122 valence electrons. The molecule has 0 spiro atoms. The van der Waals surface area contributed by atoms with E-state index in [0.717, 1.165) is 25.8 Å². The third kappa shape index (κ3) is 3.19. The Balaban J connectivity index is 2.06. The highest BCUT2D eigenvalue weighted by molar-refractivity contribution is 7.12. The number of hydrogen-bond donors (Lipinski definition) is 1. The van der Waals surface area contributed by atoms with Gasteiger partial charge in [-0.2, -0.15) is 0 Å². The van der Waals surface area contributed by atoms with Gasteiger partial charge in [0.15, 0.2) is 0 Å². The summed E-state index contributed by atoms with van der Waals surface area (Å²) in [5.41, 5.74) is 2.45. The number of likely N-dealkylation sites (tertiary alicyclic amines) is 1. The average Bonchev–Trinajstić information content (AvgIpc) is 3.19. The van der Waals surface area contributed by atoms with Gasteiger partial charge >= 0.3 is 5.97 Å². The molecule has 2 heterocycles. The molecule has 0 amide bonds. The van der Waals surface area contributed by atoms with Crippen LogP contribution in [0.5, 0.6) is 0 Å². The molecule has 2 unspecified atom stereocenters. The topological polar surface area (TPSA) is 40.5 Å². The van der Waals surface area contributed by atoms with Crippen molar-refractivity contribution in [1.29, 1.82) is 0 Å². The monoisotopic (exact) mass is 329 g/mol. The fourth-order valence-corrected chi connectivity index (χ4v) is 4.58. The first kappa shape index (κ1) is 16.2. The maximum Gasteiger partial charge on any atom is 0.320 e. The van der Waals surface area contributed by atoms with E-state index in [1.807, 2.05) is 17.4 Å². The summed E-state index contributed by atoms with van der Waals surface area (Å²) in [6, 6.07) is 12.4. The summed E-state index contributed by atoms with van der Waals surface area (Å²) >= 11 is 1.81. The van der Waals surface area contributed by atoms with Crippen LogP contribution in [0, 0.1) is 6.92 Å². The van der Waals surface area contributed by atoms with E-state index in [1.165, 1.54) is 20.9 Å². The van der Waals surface area contributed by atoms with Gasteiger partial charge in [0, 0.05) is 16.3 Å². The van der Waals surface area contributed by atoms with Crippen LogP contribution in [-0.2, 0) is 11.2 Å². The van der Waals surface area contributed by atoms with Gasteiger partial charge in [-0.1, -0.05) is 31.2 Å². The highest BCUT2D eigenvalue weighted by Gasteiger charge is 2.37. The number of hydrogen-bond acceptors (Lipinski definition) is 3. The molecule has 1 aromatic carbocycles. The van der Waals surface area contributed by atoms with E-state index < -0.39 is 5.97 Å². The van der Waals surface area contributed by atoms with Gasteiger partial charge in [0.25, 0.3) is 0 Å².